The average Bonchev–Trinajstić information content (AvgIpc) is 2.47. The van der Waals surface area contributed by atoms with Crippen LogP contribution in [0.25, 0.3) is 0 Å². The molecule has 0 aliphatic rings. The normalized spacial score (nSPS) is 11.1. The summed E-state index contributed by atoms with van der Waals surface area (Å²) in [6.45, 7) is 0.576. The fourth-order valence-electron chi connectivity index (χ4n) is 1.90. The molecular formula is C15H19F3N2O3. The number of halogens is 3. The Morgan fingerprint density at radius 1 is 1.09 bits per heavy atom. The Morgan fingerprint density at radius 3 is 2.35 bits per heavy atom. The molecule has 0 aromatic heterocycles. The first-order valence-corrected chi connectivity index (χ1v) is 7.18. The molecule has 0 unspecified atom stereocenters. The molecule has 1 aromatic carbocycles. The molecule has 0 saturated heterocycles. The predicted molar refractivity (Wildman–Crippen MR) is 78.0 cm³/mol. The number of nitrogens with one attached hydrogen (secondary N) is 2. The van der Waals surface area contributed by atoms with E-state index >= 15 is 0 Å². The summed E-state index contributed by atoms with van der Waals surface area (Å²) in [4.78, 5) is 21.6. The van der Waals surface area contributed by atoms with Crippen LogP contribution in [0, 0.1) is 0 Å². The van der Waals surface area contributed by atoms with Crippen molar-refractivity contribution < 1.29 is 27.9 Å². The number of hydrogen-bond acceptors (Lipinski definition) is 2. The second kappa shape index (κ2) is 9.02. The van der Waals surface area contributed by atoms with Gasteiger partial charge in [0.05, 0.1) is 5.56 Å². The van der Waals surface area contributed by atoms with Crippen molar-refractivity contribution in [3.63, 3.8) is 0 Å². The summed E-state index contributed by atoms with van der Waals surface area (Å²) in [5.41, 5.74) is -0.123. The number of aliphatic carboxylic acids is 1. The third-order valence-electron chi connectivity index (χ3n) is 3.04. The van der Waals surface area contributed by atoms with Gasteiger partial charge in [-0.25, -0.2) is 4.79 Å². The van der Waals surface area contributed by atoms with Gasteiger partial charge in [-0.1, -0.05) is 18.2 Å². The van der Waals surface area contributed by atoms with E-state index in [0.717, 1.165) is 12.1 Å². The third kappa shape index (κ3) is 8.08. The van der Waals surface area contributed by atoms with Gasteiger partial charge in [-0.3, -0.25) is 4.79 Å². The summed E-state index contributed by atoms with van der Waals surface area (Å²) in [6, 6.07) is 4.68. The number of hydrogen-bond donors (Lipinski definition) is 3. The molecule has 5 nitrogen and oxygen atoms in total. The predicted octanol–water partition coefficient (Wildman–Crippen LogP) is 2.80. The standard InChI is InChI=1S/C15H19F3N2O3/c16-15(17,18)12-6-1-4-11(10-12)5-2-8-19-14(23)20-9-3-7-13(21)22/h1,4,6,10H,2-3,5,7-9H2,(H,21,22)(H2,19,20,23). The molecule has 0 atom stereocenters. The summed E-state index contributed by atoms with van der Waals surface area (Å²) >= 11 is 0. The van der Waals surface area contributed by atoms with Crippen LogP contribution >= 0.6 is 0 Å². The second-order valence-corrected chi connectivity index (χ2v) is 4.98. The molecule has 1 aromatic rings. The molecule has 3 N–H and O–H groups in total. The molecule has 128 valence electrons. The lowest BCUT2D eigenvalue weighted by Crippen LogP contribution is -2.36. The van der Waals surface area contributed by atoms with Crippen LogP contribution in [0.4, 0.5) is 18.0 Å². The molecule has 0 aliphatic carbocycles. The SMILES string of the molecule is O=C(O)CCCNC(=O)NCCCc1cccc(C(F)(F)F)c1. The number of urea groups is 1. The highest BCUT2D eigenvalue weighted by Gasteiger charge is 2.30. The minimum atomic E-state index is -4.36. The molecule has 0 radical (unpaired) electrons. The zero-order valence-electron chi connectivity index (χ0n) is 12.4. The van der Waals surface area contributed by atoms with Crippen LogP contribution < -0.4 is 10.6 Å². The number of alkyl halides is 3. The molecule has 23 heavy (non-hydrogen) atoms. The van der Waals surface area contributed by atoms with Crippen molar-refractivity contribution in [3.05, 3.63) is 35.4 Å². The van der Waals surface area contributed by atoms with Gasteiger partial charge in [-0.15, -0.1) is 0 Å². The Kier molecular flexibility index (Phi) is 7.37. The molecule has 0 spiro atoms. The number of aryl methyl sites for hydroxylation is 1. The van der Waals surface area contributed by atoms with E-state index in [9.17, 15) is 22.8 Å². The summed E-state index contributed by atoms with van der Waals surface area (Å²) in [5.74, 6) is -0.923. The van der Waals surface area contributed by atoms with Crippen molar-refractivity contribution >= 4 is 12.0 Å². The van der Waals surface area contributed by atoms with Gasteiger partial charge in [0.25, 0.3) is 0 Å². The van der Waals surface area contributed by atoms with E-state index in [1.807, 2.05) is 0 Å². The Labute approximate surface area is 131 Å². The minimum Gasteiger partial charge on any atom is -0.481 e. The lowest BCUT2D eigenvalue weighted by Gasteiger charge is -2.09. The molecule has 8 heteroatoms. The Balaban J connectivity index is 2.22. The van der Waals surface area contributed by atoms with Crippen molar-refractivity contribution in [1.82, 2.24) is 10.6 Å². The Morgan fingerprint density at radius 2 is 1.74 bits per heavy atom. The fraction of sp³-hybridized carbons (Fsp3) is 0.467. The van der Waals surface area contributed by atoms with Gasteiger partial charge in [-0.05, 0) is 30.9 Å². The van der Waals surface area contributed by atoms with Gasteiger partial charge in [0.15, 0.2) is 0 Å². The topological polar surface area (TPSA) is 78.4 Å². The number of amides is 2. The monoisotopic (exact) mass is 332 g/mol. The van der Waals surface area contributed by atoms with E-state index in [1.165, 1.54) is 6.07 Å². The first-order chi connectivity index (χ1) is 10.8. The molecule has 0 aliphatic heterocycles. The van der Waals surface area contributed by atoms with Gasteiger partial charge in [-0.2, -0.15) is 13.2 Å². The van der Waals surface area contributed by atoms with Gasteiger partial charge in [0.1, 0.15) is 0 Å². The fourth-order valence-corrected chi connectivity index (χ4v) is 1.90. The summed E-state index contributed by atoms with van der Waals surface area (Å²) in [6.07, 6.45) is -3.11. The molecule has 0 fully saturated rings. The summed E-state index contributed by atoms with van der Waals surface area (Å²) in [5, 5.41) is 13.5. The van der Waals surface area contributed by atoms with E-state index in [1.54, 1.807) is 6.07 Å². The number of carbonyl (C=O) groups is 2. The van der Waals surface area contributed by atoms with E-state index < -0.39 is 23.7 Å². The number of rotatable bonds is 8. The van der Waals surface area contributed by atoms with Gasteiger partial charge in [0.2, 0.25) is 0 Å². The zero-order valence-corrected chi connectivity index (χ0v) is 12.4. The maximum Gasteiger partial charge on any atom is 0.416 e. The number of carbonyl (C=O) groups excluding carboxylic acids is 1. The third-order valence-corrected chi connectivity index (χ3v) is 3.04. The van der Waals surface area contributed by atoms with Gasteiger partial charge in [0, 0.05) is 19.5 Å². The molecule has 1 rings (SSSR count). The van der Waals surface area contributed by atoms with Crippen LogP contribution in [-0.4, -0.2) is 30.2 Å². The van der Waals surface area contributed by atoms with Crippen LogP contribution in [0.5, 0.6) is 0 Å². The number of benzene rings is 1. The minimum absolute atomic E-state index is 0.0180. The van der Waals surface area contributed by atoms with Crippen LogP contribution in [-0.2, 0) is 17.4 Å². The van der Waals surface area contributed by atoms with E-state index in [-0.39, 0.29) is 13.0 Å². The van der Waals surface area contributed by atoms with Crippen molar-refractivity contribution in [3.8, 4) is 0 Å². The largest absolute Gasteiger partial charge is 0.481 e. The van der Waals surface area contributed by atoms with E-state index in [0.29, 0.717) is 31.4 Å². The summed E-state index contributed by atoms with van der Waals surface area (Å²) in [7, 11) is 0. The van der Waals surface area contributed by atoms with E-state index in [4.69, 9.17) is 5.11 Å². The first kappa shape index (κ1) is 18.8. The lowest BCUT2D eigenvalue weighted by atomic mass is 10.1. The quantitative estimate of drug-likeness (QED) is 0.641. The first-order valence-electron chi connectivity index (χ1n) is 7.18. The van der Waals surface area contributed by atoms with Crippen molar-refractivity contribution in [1.29, 1.82) is 0 Å². The van der Waals surface area contributed by atoms with Gasteiger partial charge < -0.3 is 15.7 Å². The maximum absolute atomic E-state index is 12.6. The Bertz CT molecular complexity index is 533. The highest BCUT2D eigenvalue weighted by atomic mass is 19.4. The zero-order chi connectivity index (χ0) is 17.3. The van der Waals surface area contributed by atoms with Crippen LogP contribution in [0.2, 0.25) is 0 Å². The lowest BCUT2D eigenvalue weighted by molar-refractivity contribution is -0.138. The van der Waals surface area contributed by atoms with Crippen molar-refractivity contribution in [2.45, 2.75) is 31.9 Å². The Hall–Kier alpha value is -2.25. The van der Waals surface area contributed by atoms with Crippen LogP contribution in [0.3, 0.4) is 0 Å². The highest BCUT2D eigenvalue weighted by molar-refractivity contribution is 5.73. The van der Waals surface area contributed by atoms with Gasteiger partial charge >= 0.3 is 18.2 Å². The number of carboxylic acids is 1. The molecule has 0 heterocycles. The average molecular weight is 332 g/mol. The molecule has 0 bridgehead atoms. The molecule has 0 saturated carbocycles. The number of carboxylic acid groups (broad SMARTS) is 1. The molecular weight excluding hydrogens is 313 g/mol. The second-order valence-electron chi connectivity index (χ2n) is 4.98. The van der Waals surface area contributed by atoms with E-state index in [2.05, 4.69) is 10.6 Å². The molecule has 2 amide bonds. The smallest absolute Gasteiger partial charge is 0.416 e. The van der Waals surface area contributed by atoms with Crippen molar-refractivity contribution in [2.24, 2.45) is 0 Å². The van der Waals surface area contributed by atoms with Crippen molar-refractivity contribution in [2.75, 3.05) is 13.1 Å². The van der Waals surface area contributed by atoms with Crippen LogP contribution in [0.1, 0.15) is 30.4 Å². The summed E-state index contributed by atoms with van der Waals surface area (Å²) < 4.78 is 37.7. The maximum atomic E-state index is 12.6. The van der Waals surface area contributed by atoms with Crippen LogP contribution in [0.15, 0.2) is 24.3 Å². The highest BCUT2D eigenvalue weighted by Crippen LogP contribution is 2.29.